The third-order valence-corrected chi connectivity index (χ3v) is 12.5. The maximum Gasteiger partial charge on any atom is 0.306 e. The number of carbonyl (C=O) groups is 3. The highest BCUT2D eigenvalue weighted by Gasteiger charge is 2.19. The second-order valence-electron chi connectivity index (χ2n) is 19.5. The molecule has 0 N–H and O–H groups in total. The van der Waals surface area contributed by atoms with Gasteiger partial charge in [0.25, 0.3) is 0 Å². The van der Waals surface area contributed by atoms with E-state index in [2.05, 4.69) is 118 Å². The summed E-state index contributed by atoms with van der Waals surface area (Å²) in [6.45, 7) is 6.43. The van der Waals surface area contributed by atoms with Crippen LogP contribution in [0.3, 0.4) is 0 Å². The molecule has 71 heavy (non-hydrogen) atoms. The van der Waals surface area contributed by atoms with Gasteiger partial charge in [0.2, 0.25) is 0 Å². The van der Waals surface area contributed by atoms with Crippen LogP contribution in [0.4, 0.5) is 0 Å². The summed E-state index contributed by atoms with van der Waals surface area (Å²) in [5.74, 6) is -0.930. The predicted molar refractivity (Wildman–Crippen MR) is 307 cm³/mol. The molecular formula is C65H110O6. The summed E-state index contributed by atoms with van der Waals surface area (Å²) >= 11 is 0. The normalized spacial score (nSPS) is 12.8. The molecule has 1 unspecified atom stereocenters. The fourth-order valence-corrected chi connectivity index (χ4v) is 8.09. The Morgan fingerprint density at radius 1 is 0.296 bits per heavy atom. The third-order valence-electron chi connectivity index (χ3n) is 12.5. The summed E-state index contributed by atoms with van der Waals surface area (Å²) < 4.78 is 16.8. The van der Waals surface area contributed by atoms with E-state index in [4.69, 9.17) is 14.2 Å². The van der Waals surface area contributed by atoms with Gasteiger partial charge >= 0.3 is 17.9 Å². The SMILES string of the molecule is CC/C=C\C/C=C\C/C=C\C/C=C\CCCCCCC(=O)OC(COC(=O)CCCCCCC/C=C\C/C=C\CCC)COC(=O)CCCCCCCCCCCCC/C=C\C/C=C\CCCCCCC. The summed E-state index contributed by atoms with van der Waals surface area (Å²) in [7, 11) is 0. The van der Waals surface area contributed by atoms with E-state index in [-0.39, 0.29) is 31.1 Å². The van der Waals surface area contributed by atoms with Gasteiger partial charge in [-0.25, -0.2) is 0 Å². The summed E-state index contributed by atoms with van der Waals surface area (Å²) in [6, 6.07) is 0. The Hall–Kier alpha value is -3.67. The quantitative estimate of drug-likeness (QED) is 0.0261. The topological polar surface area (TPSA) is 78.9 Å². The number of allylic oxidation sites excluding steroid dienone is 16. The summed E-state index contributed by atoms with van der Waals surface area (Å²) in [4.78, 5) is 38.2. The Balaban J connectivity index is 4.37. The maximum absolute atomic E-state index is 12.9. The van der Waals surface area contributed by atoms with Crippen LogP contribution in [0.1, 0.15) is 278 Å². The van der Waals surface area contributed by atoms with E-state index >= 15 is 0 Å². The zero-order chi connectivity index (χ0) is 51.4. The molecule has 6 heteroatoms. The van der Waals surface area contributed by atoms with Crippen LogP contribution in [0.5, 0.6) is 0 Å². The van der Waals surface area contributed by atoms with Gasteiger partial charge in [0.1, 0.15) is 13.2 Å². The van der Waals surface area contributed by atoms with Crippen LogP contribution < -0.4 is 0 Å². The van der Waals surface area contributed by atoms with Crippen molar-refractivity contribution < 1.29 is 28.6 Å². The fourth-order valence-electron chi connectivity index (χ4n) is 8.09. The molecule has 0 aliphatic carbocycles. The van der Waals surface area contributed by atoms with Gasteiger partial charge in [0, 0.05) is 19.3 Å². The molecule has 0 fully saturated rings. The van der Waals surface area contributed by atoms with Gasteiger partial charge < -0.3 is 14.2 Å². The first kappa shape index (κ1) is 67.3. The van der Waals surface area contributed by atoms with Crippen LogP contribution in [-0.4, -0.2) is 37.2 Å². The van der Waals surface area contributed by atoms with Crippen molar-refractivity contribution in [3.63, 3.8) is 0 Å². The summed E-state index contributed by atoms with van der Waals surface area (Å²) in [5.41, 5.74) is 0. The van der Waals surface area contributed by atoms with Gasteiger partial charge in [-0.2, -0.15) is 0 Å². The predicted octanol–water partition coefficient (Wildman–Crippen LogP) is 20.1. The van der Waals surface area contributed by atoms with Crippen molar-refractivity contribution in [1.82, 2.24) is 0 Å². The van der Waals surface area contributed by atoms with E-state index in [0.29, 0.717) is 19.3 Å². The Kier molecular flexibility index (Phi) is 55.9. The lowest BCUT2D eigenvalue weighted by Gasteiger charge is -2.18. The highest BCUT2D eigenvalue weighted by atomic mass is 16.6. The molecule has 0 aliphatic heterocycles. The van der Waals surface area contributed by atoms with Crippen molar-refractivity contribution in [1.29, 1.82) is 0 Å². The highest BCUT2D eigenvalue weighted by molar-refractivity contribution is 5.71. The number of rotatable bonds is 53. The lowest BCUT2D eigenvalue weighted by molar-refractivity contribution is -0.167. The van der Waals surface area contributed by atoms with Crippen molar-refractivity contribution in [3.8, 4) is 0 Å². The Labute approximate surface area is 438 Å². The highest BCUT2D eigenvalue weighted by Crippen LogP contribution is 2.15. The molecule has 0 rings (SSSR count). The monoisotopic (exact) mass is 987 g/mol. The molecule has 0 radical (unpaired) electrons. The largest absolute Gasteiger partial charge is 0.462 e. The van der Waals surface area contributed by atoms with Crippen LogP contribution in [0.2, 0.25) is 0 Å². The molecule has 0 amide bonds. The lowest BCUT2D eigenvalue weighted by Crippen LogP contribution is -2.30. The van der Waals surface area contributed by atoms with E-state index < -0.39 is 6.10 Å². The minimum Gasteiger partial charge on any atom is -0.462 e. The molecule has 6 nitrogen and oxygen atoms in total. The van der Waals surface area contributed by atoms with Crippen molar-refractivity contribution in [3.05, 3.63) is 97.2 Å². The van der Waals surface area contributed by atoms with Gasteiger partial charge in [0.15, 0.2) is 6.10 Å². The Bertz CT molecular complexity index is 1410. The second kappa shape index (κ2) is 58.9. The van der Waals surface area contributed by atoms with E-state index in [1.807, 2.05) is 0 Å². The van der Waals surface area contributed by atoms with Crippen LogP contribution in [0, 0.1) is 0 Å². The van der Waals surface area contributed by atoms with E-state index in [1.54, 1.807) is 0 Å². The molecule has 1 atom stereocenters. The number of hydrogen-bond donors (Lipinski definition) is 0. The number of carbonyl (C=O) groups excluding carboxylic acids is 3. The van der Waals surface area contributed by atoms with Crippen molar-refractivity contribution in [2.24, 2.45) is 0 Å². The van der Waals surface area contributed by atoms with Gasteiger partial charge in [-0.1, -0.05) is 240 Å². The first-order valence-corrected chi connectivity index (χ1v) is 29.7. The molecule has 0 heterocycles. The number of hydrogen-bond acceptors (Lipinski definition) is 6. The summed E-state index contributed by atoms with van der Waals surface area (Å²) in [5, 5.41) is 0. The number of ether oxygens (including phenoxy) is 3. The minimum absolute atomic E-state index is 0.0934. The second-order valence-corrected chi connectivity index (χ2v) is 19.5. The van der Waals surface area contributed by atoms with E-state index in [9.17, 15) is 14.4 Å². The molecule has 0 saturated heterocycles. The average molecular weight is 988 g/mol. The Morgan fingerprint density at radius 3 is 0.915 bits per heavy atom. The molecule has 0 aliphatic rings. The first-order chi connectivity index (χ1) is 35.0. The molecule has 0 aromatic rings. The molecule has 406 valence electrons. The molecule has 0 bridgehead atoms. The lowest BCUT2D eigenvalue weighted by atomic mass is 10.0. The van der Waals surface area contributed by atoms with Gasteiger partial charge in [-0.05, 0) is 116 Å². The number of unbranched alkanes of at least 4 members (excludes halogenated alkanes) is 26. The van der Waals surface area contributed by atoms with Gasteiger partial charge in [0.05, 0.1) is 0 Å². The van der Waals surface area contributed by atoms with Crippen LogP contribution in [-0.2, 0) is 28.6 Å². The maximum atomic E-state index is 12.9. The zero-order valence-electron chi connectivity index (χ0n) is 46.5. The third kappa shape index (κ3) is 57.1. The Morgan fingerprint density at radius 2 is 0.577 bits per heavy atom. The fraction of sp³-hybridized carbons (Fsp3) is 0.708. The van der Waals surface area contributed by atoms with Crippen LogP contribution >= 0.6 is 0 Å². The van der Waals surface area contributed by atoms with Crippen molar-refractivity contribution in [2.45, 2.75) is 284 Å². The summed E-state index contributed by atoms with van der Waals surface area (Å²) in [6.07, 6.45) is 78.3. The standard InChI is InChI=1S/C65H110O6/c1-4-7-10-13-16-19-22-25-27-29-30-31-32-33-34-36-37-40-43-46-49-52-55-58-64(67)70-61-62(60-69-63(66)57-54-51-48-45-42-39-24-21-18-15-12-9-6-3)71-65(68)59-56-53-50-47-44-41-38-35-28-26-23-20-17-14-11-8-5-2/h8,11-12,15,17,20-22,24-26,28-30,38,41,62H,4-7,9-10,13-14,16,18-19,23,27,31-37,39-40,42-61H2,1-3H3/b11-8-,15-12-,20-17-,24-21-,25-22-,28-26-,30-29-,41-38-. The average Bonchev–Trinajstić information content (AvgIpc) is 3.37. The van der Waals surface area contributed by atoms with E-state index in [1.165, 1.54) is 103 Å². The van der Waals surface area contributed by atoms with Crippen LogP contribution in [0.25, 0.3) is 0 Å². The molecular weight excluding hydrogens is 877 g/mol. The van der Waals surface area contributed by atoms with E-state index in [0.717, 1.165) is 135 Å². The molecule has 0 aromatic carbocycles. The molecule has 0 spiro atoms. The zero-order valence-corrected chi connectivity index (χ0v) is 46.5. The van der Waals surface area contributed by atoms with Crippen molar-refractivity contribution >= 4 is 17.9 Å². The van der Waals surface area contributed by atoms with Gasteiger partial charge in [-0.15, -0.1) is 0 Å². The molecule has 0 saturated carbocycles. The number of esters is 3. The smallest absolute Gasteiger partial charge is 0.306 e. The van der Waals surface area contributed by atoms with Crippen molar-refractivity contribution in [2.75, 3.05) is 13.2 Å². The first-order valence-electron chi connectivity index (χ1n) is 29.7. The van der Waals surface area contributed by atoms with Crippen LogP contribution in [0.15, 0.2) is 97.2 Å². The minimum atomic E-state index is -0.799. The van der Waals surface area contributed by atoms with Gasteiger partial charge in [-0.3, -0.25) is 14.4 Å². The molecule has 0 aromatic heterocycles.